The fourth-order valence-electron chi connectivity index (χ4n) is 2.56. The van der Waals surface area contributed by atoms with Crippen molar-refractivity contribution in [3.63, 3.8) is 0 Å². The van der Waals surface area contributed by atoms with Gasteiger partial charge >= 0.3 is 0 Å². The molecule has 1 heteroatoms. The predicted molar refractivity (Wildman–Crippen MR) is 38.0 cm³/mol. The molecule has 2 fully saturated rings. The van der Waals surface area contributed by atoms with Crippen molar-refractivity contribution in [2.24, 2.45) is 17.1 Å². The molecule has 2 rings (SSSR count). The molecule has 0 aromatic rings. The summed E-state index contributed by atoms with van der Waals surface area (Å²) in [6.45, 7) is 2.35. The van der Waals surface area contributed by atoms with E-state index < -0.39 is 0 Å². The largest absolute Gasteiger partial charge is 0.327 e. The van der Waals surface area contributed by atoms with Crippen LogP contribution in [0, 0.1) is 11.3 Å². The minimum atomic E-state index is 0.539. The molecule has 0 aromatic carbocycles. The summed E-state index contributed by atoms with van der Waals surface area (Å²) in [6.07, 6.45) is 5.58. The smallest absolute Gasteiger partial charge is 0.0121 e. The van der Waals surface area contributed by atoms with Gasteiger partial charge in [0.25, 0.3) is 0 Å². The summed E-state index contributed by atoms with van der Waals surface area (Å²) in [5, 5.41) is 0. The van der Waals surface area contributed by atoms with Crippen LogP contribution in [-0.4, -0.2) is 6.04 Å². The van der Waals surface area contributed by atoms with Crippen molar-refractivity contribution < 1.29 is 0 Å². The maximum atomic E-state index is 6.02. The Morgan fingerprint density at radius 3 is 2.00 bits per heavy atom. The molecular formula is C8H15N. The van der Waals surface area contributed by atoms with Gasteiger partial charge < -0.3 is 5.73 Å². The number of rotatable bonds is 0. The van der Waals surface area contributed by atoms with Gasteiger partial charge in [0, 0.05) is 6.04 Å². The summed E-state index contributed by atoms with van der Waals surface area (Å²) in [4.78, 5) is 0. The van der Waals surface area contributed by atoms with Gasteiger partial charge in [-0.05, 0) is 37.0 Å². The number of fused-ring (bicyclic) bond motifs is 2. The fourth-order valence-corrected chi connectivity index (χ4v) is 2.56. The molecule has 0 amide bonds. The average molecular weight is 125 g/mol. The number of hydrogen-bond donors (Lipinski definition) is 1. The molecule has 2 saturated carbocycles. The first-order valence-corrected chi connectivity index (χ1v) is 3.98. The van der Waals surface area contributed by atoms with Crippen molar-refractivity contribution in [1.29, 1.82) is 0 Å². The van der Waals surface area contributed by atoms with E-state index in [4.69, 9.17) is 5.73 Å². The van der Waals surface area contributed by atoms with Crippen LogP contribution >= 0.6 is 0 Å². The first-order chi connectivity index (χ1) is 4.22. The van der Waals surface area contributed by atoms with Gasteiger partial charge in [0.2, 0.25) is 0 Å². The molecule has 2 bridgehead atoms. The molecule has 52 valence electrons. The van der Waals surface area contributed by atoms with Crippen molar-refractivity contribution in [3.05, 3.63) is 0 Å². The molecule has 0 unspecified atom stereocenters. The number of hydrogen-bond acceptors (Lipinski definition) is 1. The molecule has 0 saturated heterocycles. The molecule has 0 spiro atoms. The lowest BCUT2D eigenvalue weighted by atomic mass is 9.85. The van der Waals surface area contributed by atoms with Crippen molar-refractivity contribution in [2.45, 2.75) is 38.6 Å². The van der Waals surface area contributed by atoms with E-state index in [1.165, 1.54) is 25.7 Å². The number of nitrogens with two attached hydrogens (primary N) is 1. The Morgan fingerprint density at radius 1 is 1.33 bits per heavy atom. The highest BCUT2D eigenvalue weighted by Gasteiger charge is 2.47. The highest BCUT2D eigenvalue weighted by Crippen LogP contribution is 2.52. The van der Waals surface area contributed by atoms with Crippen LogP contribution in [-0.2, 0) is 0 Å². The van der Waals surface area contributed by atoms with Crippen molar-refractivity contribution in [1.82, 2.24) is 0 Å². The highest BCUT2D eigenvalue weighted by molar-refractivity contribution is 5.02. The Balaban J connectivity index is 2.26. The second-order valence-corrected chi connectivity index (χ2v) is 4.02. The van der Waals surface area contributed by atoms with Crippen LogP contribution in [0.3, 0.4) is 0 Å². The van der Waals surface area contributed by atoms with Crippen molar-refractivity contribution in [3.8, 4) is 0 Å². The maximum absolute atomic E-state index is 6.02. The zero-order valence-corrected chi connectivity index (χ0v) is 6.06. The summed E-state index contributed by atoms with van der Waals surface area (Å²) < 4.78 is 0. The molecular weight excluding hydrogens is 110 g/mol. The van der Waals surface area contributed by atoms with Crippen LogP contribution < -0.4 is 5.73 Å². The van der Waals surface area contributed by atoms with E-state index in [0.29, 0.717) is 11.5 Å². The molecule has 2 aliphatic rings. The van der Waals surface area contributed by atoms with Crippen molar-refractivity contribution in [2.75, 3.05) is 0 Å². The van der Waals surface area contributed by atoms with Crippen LogP contribution in [0.15, 0.2) is 0 Å². The summed E-state index contributed by atoms with van der Waals surface area (Å²) >= 11 is 0. The Kier molecular flexibility index (Phi) is 0.963. The van der Waals surface area contributed by atoms with Gasteiger partial charge in [0.15, 0.2) is 0 Å². The van der Waals surface area contributed by atoms with Crippen LogP contribution in [0.25, 0.3) is 0 Å². The normalized spacial score (nSPS) is 56.7. The Hall–Kier alpha value is -0.0400. The first kappa shape index (κ1) is 5.72. The third kappa shape index (κ3) is 0.586. The zero-order chi connectivity index (χ0) is 6.48. The molecule has 1 nitrogen and oxygen atoms in total. The third-order valence-corrected chi connectivity index (χ3v) is 3.49. The van der Waals surface area contributed by atoms with Gasteiger partial charge in [-0.2, -0.15) is 0 Å². The lowest BCUT2D eigenvalue weighted by Crippen LogP contribution is -2.32. The second kappa shape index (κ2) is 1.51. The van der Waals surface area contributed by atoms with Crippen molar-refractivity contribution >= 4 is 0 Å². The van der Waals surface area contributed by atoms with Crippen LogP contribution in [0.4, 0.5) is 0 Å². The molecule has 0 heterocycles. The maximum Gasteiger partial charge on any atom is 0.0121 e. The third-order valence-electron chi connectivity index (χ3n) is 3.49. The second-order valence-electron chi connectivity index (χ2n) is 4.02. The van der Waals surface area contributed by atoms with Gasteiger partial charge in [-0.25, -0.2) is 0 Å². The van der Waals surface area contributed by atoms with Gasteiger partial charge in [-0.1, -0.05) is 6.92 Å². The summed E-state index contributed by atoms with van der Waals surface area (Å²) in [6, 6.07) is 0.539. The topological polar surface area (TPSA) is 26.0 Å². The zero-order valence-electron chi connectivity index (χ0n) is 6.06. The molecule has 2 N–H and O–H groups in total. The Labute approximate surface area is 56.6 Å². The monoisotopic (exact) mass is 125 g/mol. The van der Waals surface area contributed by atoms with Gasteiger partial charge in [-0.3, -0.25) is 0 Å². The SMILES string of the molecule is CC12CCC(CC1)[C@H]2N. The predicted octanol–water partition coefficient (Wildman–Crippen LogP) is 1.52. The minimum Gasteiger partial charge on any atom is -0.327 e. The van der Waals surface area contributed by atoms with E-state index >= 15 is 0 Å². The quantitative estimate of drug-likeness (QED) is 0.522. The summed E-state index contributed by atoms with van der Waals surface area (Å²) in [5.74, 6) is 0.884. The average Bonchev–Trinajstić information content (AvgIpc) is 2.24. The molecule has 1 atom stereocenters. The minimum absolute atomic E-state index is 0.539. The molecule has 0 aliphatic heterocycles. The van der Waals surface area contributed by atoms with E-state index in [1.54, 1.807) is 0 Å². The standard InChI is InChI=1S/C8H15N/c1-8-4-2-6(3-5-8)7(8)9/h6-7H,2-5,9H2,1H3/t6?,7-,8?/m1/s1. The lowest BCUT2D eigenvalue weighted by molar-refractivity contribution is 0.308. The summed E-state index contributed by atoms with van der Waals surface area (Å²) in [5.41, 5.74) is 6.56. The van der Waals surface area contributed by atoms with Gasteiger partial charge in [0.1, 0.15) is 0 Å². The van der Waals surface area contributed by atoms with Crippen LogP contribution in [0.2, 0.25) is 0 Å². The summed E-state index contributed by atoms with van der Waals surface area (Å²) in [7, 11) is 0. The van der Waals surface area contributed by atoms with E-state index in [1.807, 2.05) is 0 Å². The van der Waals surface area contributed by atoms with E-state index in [-0.39, 0.29) is 0 Å². The fraction of sp³-hybridized carbons (Fsp3) is 1.00. The molecule has 0 aromatic heterocycles. The lowest BCUT2D eigenvalue weighted by Gasteiger charge is -2.23. The van der Waals surface area contributed by atoms with E-state index in [9.17, 15) is 0 Å². The first-order valence-electron chi connectivity index (χ1n) is 3.98. The Bertz CT molecular complexity index is 123. The van der Waals surface area contributed by atoms with Gasteiger partial charge in [-0.15, -0.1) is 0 Å². The molecule has 9 heavy (non-hydrogen) atoms. The van der Waals surface area contributed by atoms with Crippen LogP contribution in [0.5, 0.6) is 0 Å². The highest BCUT2D eigenvalue weighted by atomic mass is 14.8. The van der Waals surface area contributed by atoms with E-state index in [0.717, 1.165) is 5.92 Å². The van der Waals surface area contributed by atoms with Crippen LogP contribution in [0.1, 0.15) is 32.6 Å². The molecule has 2 aliphatic carbocycles. The van der Waals surface area contributed by atoms with Gasteiger partial charge in [0.05, 0.1) is 0 Å². The van der Waals surface area contributed by atoms with E-state index in [2.05, 4.69) is 6.92 Å². The molecule has 0 radical (unpaired) electrons. The Morgan fingerprint density at radius 2 is 1.89 bits per heavy atom.